The zero-order chi connectivity index (χ0) is 33.2. The number of carbonyl (C=O) groups excluding carboxylic acids is 2. The number of nitrogens with zero attached hydrogens (tertiary/aromatic N) is 3. The summed E-state index contributed by atoms with van der Waals surface area (Å²) in [4.78, 5) is 30.0. The van der Waals surface area contributed by atoms with Crippen LogP contribution < -0.4 is 29.5 Å². The van der Waals surface area contributed by atoms with E-state index in [9.17, 15) is 9.59 Å². The Hall–Kier alpha value is -2.57. The maximum atomic E-state index is 12.3. The molecule has 0 unspecified atom stereocenters. The molecule has 1 N–H and O–H groups in total. The van der Waals surface area contributed by atoms with Crippen LogP contribution in [0.4, 0.5) is 17.1 Å². The van der Waals surface area contributed by atoms with E-state index >= 15 is 0 Å². The standard InChI is InChI=1S/C18H24N2O3.C11H12BrNO2.C7H13NO.ClH/c1-13-10-23-16-4-3-14(9-15(16)19(2)17(13)21)20-11-18(12-20)5-7-22-8-6-18;1-7-6-15-10-4-3-8(12)5-9(10)13(2)11(7)14;1-3-9-4-2-7(1)5-8-6-7;/h3-4,9,13H,5-8,10-12H2,1-2H3;3-5,7H,6H2,1-2H3;8H,1-6H2;1H/t13-;7-;;/m00../s1. The molecular formula is C36H50BrClN4O6. The number of anilines is 3. The van der Waals surface area contributed by atoms with Crippen molar-refractivity contribution in [2.75, 3.05) is 94.6 Å². The highest BCUT2D eigenvalue weighted by Gasteiger charge is 2.44. The fourth-order valence-corrected chi connectivity index (χ4v) is 7.48. The third-order valence-electron chi connectivity index (χ3n) is 10.6. The maximum Gasteiger partial charge on any atom is 0.233 e. The van der Waals surface area contributed by atoms with Crippen molar-refractivity contribution in [1.82, 2.24) is 5.32 Å². The van der Waals surface area contributed by atoms with Crippen molar-refractivity contribution in [1.29, 1.82) is 0 Å². The second kappa shape index (κ2) is 15.5. The van der Waals surface area contributed by atoms with E-state index in [4.69, 9.17) is 18.9 Å². The molecule has 6 aliphatic rings. The van der Waals surface area contributed by atoms with Gasteiger partial charge in [-0.15, -0.1) is 12.4 Å². The van der Waals surface area contributed by atoms with Crippen LogP contribution in [0.25, 0.3) is 0 Å². The molecule has 0 saturated carbocycles. The monoisotopic (exact) mass is 748 g/mol. The van der Waals surface area contributed by atoms with Crippen molar-refractivity contribution in [3.63, 3.8) is 0 Å². The third-order valence-corrected chi connectivity index (χ3v) is 11.1. The van der Waals surface area contributed by atoms with Gasteiger partial charge in [-0.05, 0) is 67.5 Å². The summed E-state index contributed by atoms with van der Waals surface area (Å²) < 4.78 is 23.1. The number of hydrogen-bond donors (Lipinski definition) is 1. The van der Waals surface area contributed by atoms with Gasteiger partial charge in [0.15, 0.2) is 0 Å². The molecule has 0 aliphatic carbocycles. The van der Waals surface area contributed by atoms with E-state index in [1.165, 1.54) is 31.6 Å². The second-order valence-electron chi connectivity index (χ2n) is 14.2. The van der Waals surface area contributed by atoms with Gasteiger partial charge in [-0.1, -0.05) is 29.8 Å². The van der Waals surface area contributed by atoms with Crippen LogP contribution in [-0.4, -0.2) is 91.7 Å². The van der Waals surface area contributed by atoms with Gasteiger partial charge in [0.1, 0.15) is 11.5 Å². The fourth-order valence-electron chi connectivity index (χ4n) is 7.14. The molecule has 2 amide bonds. The van der Waals surface area contributed by atoms with E-state index in [1.54, 1.807) is 16.8 Å². The normalized spacial score (nSPS) is 25.1. The number of amides is 2. The summed E-state index contributed by atoms with van der Waals surface area (Å²) in [5.74, 6) is 1.57. The molecule has 10 nitrogen and oxygen atoms in total. The average molecular weight is 750 g/mol. The van der Waals surface area contributed by atoms with Crippen molar-refractivity contribution < 1.29 is 28.5 Å². The zero-order valence-corrected chi connectivity index (χ0v) is 31.0. The first kappa shape index (κ1) is 36.7. The number of carbonyl (C=O) groups is 2. The van der Waals surface area contributed by atoms with Crippen molar-refractivity contribution in [3.05, 3.63) is 40.9 Å². The molecule has 4 saturated heterocycles. The van der Waals surface area contributed by atoms with Crippen molar-refractivity contribution in [2.24, 2.45) is 22.7 Å². The van der Waals surface area contributed by atoms with Gasteiger partial charge in [0.05, 0.1) is 36.4 Å². The Kier molecular flexibility index (Phi) is 11.9. The molecule has 2 spiro atoms. The number of fused-ring (bicyclic) bond motifs is 2. The van der Waals surface area contributed by atoms with Crippen molar-refractivity contribution >= 4 is 57.2 Å². The van der Waals surface area contributed by atoms with Crippen LogP contribution in [0.3, 0.4) is 0 Å². The minimum Gasteiger partial charge on any atom is -0.491 e. The molecule has 0 bridgehead atoms. The van der Waals surface area contributed by atoms with Crippen LogP contribution in [0.15, 0.2) is 40.9 Å². The number of benzene rings is 2. The first-order valence-corrected chi connectivity index (χ1v) is 17.7. The molecule has 2 atom stereocenters. The minimum atomic E-state index is -0.106. The number of rotatable bonds is 1. The van der Waals surface area contributed by atoms with Crippen LogP contribution in [0, 0.1) is 22.7 Å². The lowest BCUT2D eigenvalue weighted by Gasteiger charge is -2.53. The smallest absolute Gasteiger partial charge is 0.233 e. The molecule has 12 heteroatoms. The van der Waals surface area contributed by atoms with Gasteiger partial charge in [-0.25, -0.2) is 0 Å². The molecule has 8 rings (SSSR count). The van der Waals surface area contributed by atoms with E-state index in [2.05, 4.69) is 38.3 Å². The molecule has 48 heavy (non-hydrogen) atoms. The molecule has 264 valence electrons. The molecule has 6 heterocycles. The molecule has 2 aromatic carbocycles. The molecular weight excluding hydrogens is 700 g/mol. The summed E-state index contributed by atoms with van der Waals surface area (Å²) in [5, 5.41) is 3.32. The molecule has 0 radical (unpaired) electrons. The Morgan fingerprint density at radius 2 is 1.21 bits per heavy atom. The maximum absolute atomic E-state index is 12.3. The van der Waals surface area contributed by atoms with Crippen LogP contribution in [-0.2, 0) is 19.1 Å². The number of nitrogens with one attached hydrogen (secondary N) is 1. The minimum absolute atomic E-state index is 0. The van der Waals surface area contributed by atoms with E-state index in [1.807, 2.05) is 45.2 Å². The predicted octanol–water partition coefficient (Wildman–Crippen LogP) is 5.54. The van der Waals surface area contributed by atoms with Gasteiger partial charge < -0.3 is 39.0 Å². The molecule has 4 fully saturated rings. The van der Waals surface area contributed by atoms with Crippen LogP contribution >= 0.6 is 28.3 Å². The Bertz CT molecular complexity index is 1440. The summed E-state index contributed by atoms with van der Waals surface area (Å²) in [6.07, 6.45) is 4.88. The summed E-state index contributed by atoms with van der Waals surface area (Å²) in [6.45, 7) is 13.1. The fraction of sp³-hybridized carbons (Fsp3) is 0.611. The van der Waals surface area contributed by atoms with Crippen molar-refractivity contribution in [2.45, 2.75) is 39.5 Å². The zero-order valence-electron chi connectivity index (χ0n) is 28.6. The van der Waals surface area contributed by atoms with Gasteiger partial charge in [-0.2, -0.15) is 0 Å². The Morgan fingerprint density at radius 1 is 0.729 bits per heavy atom. The number of halogens is 2. The lowest BCUT2D eigenvalue weighted by Crippen LogP contribution is -2.58. The van der Waals surface area contributed by atoms with Gasteiger partial charge >= 0.3 is 0 Å². The van der Waals surface area contributed by atoms with Crippen LogP contribution in [0.1, 0.15) is 39.5 Å². The Balaban J connectivity index is 0.000000154. The highest BCUT2D eigenvalue weighted by molar-refractivity contribution is 9.10. The van der Waals surface area contributed by atoms with E-state index in [0.29, 0.717) is 24.0 Å². The molecule has 6 aliphatic heterocycles. The average Bonchev–Trinajstić information content (AvgIpc) is 3.24. The lowest BCUT2D eigenvalue weighted by atomic mass is 9.73. The summed E-state index contributed by atoms with van der Waals surface area (Å²) in [6, 6.07) is 11.9. The summed E-state index contributed by atoms with van der Waals surface area (Å²) in [7, 11) is 3.62. The van der Waals surface area contributed by atoms with Crippen LogP contribution in [0.2, 0.25) is 0 Å². The first-order chi connectivity index (χ1) is 22.6. The molecule has 0 aromatic heterocycles. The van der Waals surface area contributed by atoms with Gasteiger partial charge in [0, 0.05) is 82.3 Å². The van der Waals surface area contributed by atoms with Gasteiger partial charge in [0.25, 0.3) is 0 Å². The third kappa shape index (κ3) is 7.91. The van der Waals surface area contributed by atoms with E-state index in [0.717, 1.165) is 79.7 Å². The SMILES string of the molecule is C1CC2(CCO1)CNC2.C[C@H]1COc2ccc(Br)cc2N(C)C1=O.C[C@H]1COc2ccc(N3CC4(CCOCC4)C3)cc2N(C)C1=O.Cl. The number of hydrogen-bond acceptors (Lipinski definition) is 8. The first-order valence-electron chi connectivity index (χ1n) is 16.9. The Morgan fingerprint density at radius 3 is 1.69 bits per heavy atom. The van der Waals surface area contributed by atoms with E-state index in [-0.39, 0.29) is 36.1 Å². The Labute approximate surface area is 299 Å². The van der Waals surface area contributed by atoms with Gasteiger partial charge in [-0.3, -0.25) is 9.59 Å². The summed E-state index contributed by atoms with van der Waals surface area (Å²) in [5.41, 5.74) is 3.98. The lowest BCUT2D eigenvalue weighted by molar-refractivity contribution is -0.122. The topological polar surface area (TPSA) is 92.8 Å². The number of ether oxygens (including phenoxy) is 4. The van der Waals surface area contributed by atoms with Crippen LogP contribution in [0.5, 0.6) is 11.5 Å². The highest BCUT2D eigenvalue weighted by Crippen LogP contribution is 2.44. The quantitative estimate of drug-likeness (QED) is 0.407. The predicted molar refractivity (Wildman–Crippen MR) is 194 cm³/mol. The second-order valence-corrected chi connectivity index (χ2v) is 15.1. The van der Waals surface area contributed by atoms with Gasteiger partial charge in [0.2, 0.25) is 11.8 Å². The highest BCUT2D eigenvalue weighted by atomic mass is 79.9. The molecule has 2 aromatic rings. The van der Waals surface area contributed by atoms with Crippen molar-refractivity contribution in [3.8, 4) is 11.5 Å². The van der Waals surface area contributed by atoms with E-state index < -0.39 is 0 Å². The summed E-state index contributed by atoms with van der Waals surface area (Å²) >= 11 is 3.38. The largest absolute Gasteiger partial charge is 0.491 e.